The van der Waals surface area contributed by atoms with Crippen LogP contribution in [-0.2, 0) is 24.4 Å². The minimum atomic E-state index is -0.294. The van der Waals surface area contributed by atoms with Crippen molar-refractivity contribution < 1.29 is 9.53 Å². The van der Waals surface area contributed by atoms with Crippen LogP contribution < -0.4 is 10.9 Å². The van der Waals surface area contributed by atoms with Gasteiger partial charge in [0.2, 0.25) is 0 Å². The van der Waals surface area contributed by atoms with E-state index in [4.69, 9.17) is 4.74 Å². The number of likely N-dealkylation sites (tertiary alicyclic amines) is 1. The summed E-state index contributed by atoms with van der Waals surface area (Å²) < 4.78 is 6.24. The van der Waals surface area contributed by atoms with Crippen molar-refractivity contribution in [2.75, 3.05) is 20.3 Å². The number of methoxy groups -OCH3 is 1. The number of hydrogen-bond donors (Lipinski definition) is 1. The average Bonchev–Trinajstić information content (AvgIpc) is 2.74. The highest BCUT2D eigenvalue weighted by Crippen LogP contribution is 2.20. The van der Waals surface area contributed by atoms with Gasteiger partial charge in [-0.2, -0.15) is 5.10 Å². The van der Waals surface area contributed by atoms with E-state index in [-0.39, 0.29) is 17.2 Å². The molecule has 1 saturated heterocycles. The zero-order valence-electron chi connectivity index (χ0n) is 17.3. The van der Waals surface area contributed by atoms with Gasteiger partial charge < -0.3 is 10.1 Å². The molecule has 1 amide bonds. The van der Waals surface area contributed by atoms with Gasteiger partial charge >= 0.3 is 0 Å². The lowest BCUT2D eigenvalue weighted by Crippen LogP contribution is -2.37. The van der Waals surface area contributed by atoms with Crippen LogP contribution in [0.2, 0.25) is 0 Å². The quantitative estimate of drug-likeness (QED) is 0.738. The number of benzene rings is 1. The Hall–Kier alpha value is -2.51. The molecule has 156 valence electrons. The summed E-state index contributed by atoms with van der Waals surface area (Å²) in [5, 5.41) is 7.09. The highest BCUT2D eigenvalue weighted by Gasteiger charge is 2.19. The Balaban J connectivity index is 1.65. The second-order valence-corrected chi connectivity index (χ2v) is 7.54. The van der Waals surface area contributed by atoms with Gasteiger partial charge in [0.1, 0.15) is 5.69 Å². The normalized spacial score (nSPS) is 17.2. The fourth-order valence-corrected chi connectivity index (χ4v) is 3.67. The Morgan fingerprint density at radius 1 is 1.21 bits per heavy atom. The van der Waals surface area contributed by atoms with Crippen LogP contribution in [-0.4, -0.2) is 46.9 Å². The molecule has 1 aliphatic heterocycles. The van der Waals surface area contributed by atoms with Crippen molar-refractivity contribution >= 4 is 5.91 Å². The van der Waals surface area contributed by atoms with Gasteiger partial charge in [-0.1, -0.05) is 30.7 Å². The molecule has 0 unspecified atom stereocenters. The Bertz CT molecular complexity index is 880. The molecule has 2 aromatic rings. The molecular formula is C22H30N4O3. The molecule has 7 heteroatoms. The first-order chi connectivity index (χ1) is 14.1. The zero-order chi connectivity index (χ0) is 20.6. The molecule has 1 fully saturated rings. The van der Waals surface area contributed by atoms with E-state index in [1.54, 1.807) is 7.11 Å². The number of aromatic nitrogens is 2. The molecule has 2 heterocycles. The summed E-state index contributed by atoms with van der Waals surface area (Å²) in [6.07, 6.45) is 3.78. The maximum atomic E-state index is 12.6. The van der Waals surface area contributed by atoms with E-state index in [9.17, 15) is 9.59 Å². The Kier molecular flexibility index (Phi) is 7.55. The van der Waals surface area contributed by atoms with Gasteiger partial charge in [0.05, 0.1) is 13.2 Å². The van der Waals surface area contributed by atoms with E-state index in [0.717, 1.165) is 18.7 Å². The van der Waals surface area contributed by atoms with E-state index < -0.39 is 0 Å². The monoisotopic (exact) mass is 398 g/mol. The SMILES string of the molecule is COCCn1nc(C(=O)NCc2ccccc2CN2CCCC[C@@H]2C)ccc1=O. The molecular weight excluding hydrogens is 368 g/mol. The summed E-state index contributed by atoms with van der Waals surface area (Å²) in [7, 11) is 1.56. The third-order valence-electron chi connectivity index (χ3n) is 5.48. The summed E-state index contributed by atoms with van der Waals surface area (Å²) in [6.45, 7) is 5.40. The molecule has 1 aromatic carbocycles. The number of nitrogens with one attached hydrogen (secondary N) is 1. The number of carbonyl (C=O) groups is 1. The lowest BCUT2D eigenvalue weighted by molar-refractivity contribution is 0.0941. The van der Waals surface area contributed by atoms with Crippen LogP contribution in [0.15, 0.2) is 41.2 Å². The number of hydrogen-bond acceptors (Lipinski definition) is 5. The van der Waals surface area contributed by atoms with E-state index in [1.807, 2.05) is 12.1 Å². The van der Waals surface area contributed by atoms with Gasteiger partial charge in [0.15, 0.2) is 0 Å². The van der Waals surface area contributed by atoms with Gasteiger partial charge in [-0.05, 0) is 43.5 Å². The minimum Gasteiger partial charge on any atom is -0.383 e. The third-order valence-corrected chi connectivity index (χ3v) is 5.48. The zero-order valence-corrected chi connectivity index (χ0v) is 17.3. The van der Waals surface area contributed by atoms with Crippen LogP contribution in [0.25, 0.3) is 0 Å². The first kappa shape index (κ1) is 21.2. The van der Waals surface area contributed by atoms with Crippen LogP contribution in [0.3, 0.4) is 0 Å². The predicted octanol–water partition coefficient (Wildman–Crippen LogP) is 2.19. The molecule has 0 saturated carbocycles. The summed E-state index contributed by atoms with van der Waals surface area (Å²) >= 11 is 0. The molecule has 1 atom stereocenters. The molecule has 1 aromatic heterocycles. The first-order valence-electron chi connectivity index (χ1n) is 10.2. The number of piperidine rings is 1. The topological polar surface area (TPSA) is 76.5 Å². The Morgan fingerprint density at radius 2 is 2.00 bits per heavy atom. The van der Waals surface area contributed by atoms with Gasteiger partial charge in [-0.15, -0.1) is 0 Å². The summed E-state index contributed by atoms with van der Waals surface area (Å²) in [5.41, 5.74) is 2.31. The summed E-state index contributed by atoms with van der Waals surface area (Å²) in [4.78, 5) is 26.9. The Morgan fingerprint density at radius 3 is 2.76 bits per heavy atom. The van der Waals surface area contributed by atoms with Crippen LogP contribution in [0.5, 0.6) is 0 Å². The smallest absolute Gasteiger partial charge is 0.271 e. The van der Waals surface area contributed by atoms with Crippen molar-refractivity contribution in [1.82, 2.24) is 20.0 Å². The van der Waals surface area contributed by atoms with Crippen LogP contribution >= 0.6 is 0 Å². The number of ether oxygens (including phenoxy) is 1. The number of carbonyl (C=O) groups excluding carboxylic acids is 1. The van der Waals surface area contributed by atoms with E-state index >= 15 is 0 Å². The fourth-order valence-electron chi connectivity index (χ4n) is 3.67. The van der Waals surface area contributed by atoms with Crippen LogP contribution in [0, 0.1) is 0 Å². The first-order valence-corrected chi connectivity index (χ1v) is 10.2. The summed E-state index contributed by atoms with van der Waals surface area (Å²) in [6, 6.07) is 11.6. The van der Waals surface area contributed by atoms with Crippen molar-refractivity contribution in [3.8, 4) is 0 Å². The molecule has 0 radical (unpaired) electrons. The molecule has 0 aliphatic carbocycles. The third kappa shape index (κ3) is 5.74. The molecule has 0 spiro atoms. The molecule has 1 aliphatic rings. The highest BCUT2D eigenvalue weighted by molar-refractivity contribution is 5.91. The lowest BCUT2D eigenvalue weighted by atomic mass is 10.0. The van der Waals surface area contributed by atoms with Gasteiger partial charge in [0, 0.05) is 32.3 Å². The maximum absolute atomic E-state index is 12.6. The van der Waals surface area contributed by atoms with Crippen molar-refractivity contribution in [3.63, 3.8) is 0 Å². The maximum Gasteiger partial charge on any atom is 0.271 e. The van der Waals surface area contributed by atoms with E-state index in [0.29, 0.717) is 25.7 Å². The standard InChI is InChI=1S/C22H30N4O3/c1-17-7-5-6-12-25(17)16-19-9-4-3-8-18(19)15-23-22(28)20-10-11-21(27)26(24-20)13-14-29-2/h3-4,8-11,17H,5-7,12-16H2,1-2H3,(H,23,28)/t17-/m0/s1. The molecule has 29 heavy (non-hydrogen) atoms. The van der Waals surface area contributed by atoms with Gasteiger partial charge in [-0.3, -0.25) is 14.5 Å². The van der Waals surface area contributed by atoms with Crippen molar-refractivity contribution in [2.45, 2.75) is 51.9 Å². The lowest BCUT2D eigenvalue weighted by Gasteiger charge is -2.33. The fraction of sp³-hybridized carbons (Fsp3) is 0.500. The molecule has 3 rings (SSSR count). The van der Waals surface area contributed by atoms with Gasteiger partial charge in [-0.25, -0.2) is 4.68 Å². The Labute approximate surface area is 171 Å². The molecule has 1 N–H and O–H groups in total. The largest absolute Gasteiger partial charge is 0.383 e. The number of rotatable bonds is 8. The minimum absolute atomic E-state index is 0.225. The van der Waals surface area contributed by atoms with Crippen molar-refractivity contribution in [1.29, 1.82) is 0 Å². The highest BCUT2D eigenvalue weighted by atomic mass is 16.5. The second kappa shape index (κ2) is 10.3. The van der Waals surface area contributed by atoms with Gasteiger partial charge in [0.25, 0.3) is 11.5 Å². The second-order valence-electron chi connectivity index (χ2n) is 7.54. The van der Waals surface area contributed by atoms with E-state index in [1.165, 1.54) is 41.6 Å². The average molecular weight is 399 g/mol. The predicted molar refractivity (Wildman–Crippen MR) is 112 cm³/mol. The molecule has 0 bridgehead atoms. The summed E-state index contributed by atoms with van der Waals surface area (Å²) in [5.74, 6) is -0.294. The molecule has 7 nitrogen and oxygen atoms in total. The van der Waals surface area contributed by atoms with Crippen LogP contribution in [0.1, 0.15) is 47.8 Å². The van der Waals surface area contributed by atoms with Crippen LogP contribution in [0.4, 0.5) is 0 Å². The van der Waals surface area contributed by atoms with Crippen molar-refractivity contribution in [2.24, 2.45) is 0 Å². The number of amides is 1. The van der Waals surface area contributed by atoms with E-state index in [2.05, 4.69) is 34.4 Å². The number of nitrogens with zero attached hydrogens (tertiary/aromatic N) is 3. The van der Waals surface area contributed by atoms with Crippen molar-refractivity contribution in [3.05, 3.63) is 63.6 Å².